The van der Waals surface area contributed by atoms with Gasteiger partial charge in [-0.25, -0.2) is 4.98 Å². The Morgan fingerprint density at radius 2 is 2.10 bits per heavy atom. The van der Waals surface area contributed by atoms with Crippen molar-refractivity contribution in [3.8, 4) is 0 Å². The minimum Gasteiger partial charge on any atom is -0.382 e. The molecule has 21 heavy (non-hydrogen) atoms. The van der Waals surface area contributed by atoms with E-state index in [0.29, 0.717) is 19.1 Å². The maximum absolute atomic E-state index is 5.36. The third-order valence-electron chi connectivity index (χ3n) is 3.03. The van der Waals surface area contributed by atoms with Crippen LogP contribution in [-0.2, 0) is 9.47 Å². The summed E-state index contributed by atoms with van der Waals surface area (Å²) < 4.78 is 10.5. The molecule has 0 saturated carbocycles. The van der Waals surface area contributed by atoms with Gasteiger partial charge in [0.15, 0.2) is 0 Å². The summed E-state index contributed by atoms with van der Waals surface area (Å²) in [5.41, 5.74) is 0. The number of thiophene rings is 1. The maximum atomic E-state index is 5.36. The highest BCUT2D eigenvalue weighted by molar-refractivity contribution is 7.18. The van der Waals surface area contributed by atoms with Crippen LogP contribution in [0.3, 0.4) is 0 Å². The second kappa shape index (κ2) is 7.53. The predicted molar refractivity (Wildman–Crippen MR) is 87.5 cm³/mol. The highest BCUT2D eigenvalue weighted by Gasteiger charge is 2.12. The zero-order valence-corrected chi connectivity index (χ0v) is 13.7. The fraction of sp³-hybridized carbons (Fsp3) is 0.571. The van der Waals surface area contributed by atoms with Crippen LogP contribution in [-0.4, -0.2) is 50.0 Å². The molecule has 1 unspecified atom stereocenters. The molecule has 0 radical (unpaired) electrons. The second-order valence-electron chi connectivity index (χ2n) is 4.70. The Morgan fingerprint density at radius 3 is 2.76 bits per heavy atom. The molecule has 0 aliphatic heterocycles. The lowest BCUT2D eigenvalue weighted by Gasteiger charge is -2.16. The van der Waals surface area contributed by atoms with E-state index in [1.807, 2.05) is 6.92 Å². The highest BCUT2D eigenvalue weighted by atomic mass is 32.1. The molecule has 0 spiro atoms. The van der Waals surface area contributed by atoms with Crippen molar-refractivity contribution >= 4 is 33.3 Å². The van der Waals surface area contributed by atoms with E-state index in [2.05, 4.69) is 33.6 Å². The Kier molecular flexibility index (Phi) is 5.72. The Labute approximate surface area is 128 Å². The van der Waals surface area contributed by atoms with Crippen LogP contribution in [0, 0.1) is 6.92 Å². The number of fused-ring (bicyclic) bond motifs is 1. The summed E-state index contributed by atoms with van der Waals surface area (Å²) >= 11 is 1.67. The van der Waals surface area contributed by atoms with Gasteiger partial charge in [0.1, 0.15) is 10.6 Å². The number of aryl methyl sites for hydroxylation is 1. The van der Waals surface area contributed by atoms with Crippen LogP contribution in [0.15, 0.2) is 6.07 Å². The fourth-order valence-corrected chi connectivity index (χ4v) is 2.90. The van der Waals surface area contributed by atoms with Gasteiger partial charge in [-0.15, -0.1) is 11.3 Å². The number of nitrogens with zero attached hydrogens (tertiary/aromatic N) is 2. The van der Waals surface area contributed by atoms with Crippen LogP contribution >= 0.6 is 11.3 Å². The number of ether oxygens (including phenoxy) is 2. The summed E-state index contributed by atoms with van der Waals surface area (Å²) in [6, 6.07) is 2.11. The van der Waals surface area contributed by atoms with Gasteiger partial charge in [-0.2, -0.15) is 4.98 Å². The first kappa shape index (κ1) is 15.9. The number of hydrogen-bond donors (Lipinski definition) is 2. The van der Waals surface area contributed by atoms with Gasteiger partial charge in [0.2, 0.25) is 5.95 Å². The van der Waals surface area contributed by atoms with Crippen LogP contribution in [0.1, 0.15) is 11.8 Å². The van der Waals surface area contributed by atoms with E-state index in [0.717, 1.165) is 22.6 Å². The predicted octanol–water partition coefficient (Wildman–Crippen LogP) is 2.50. The summed E-state index contributed by atoms with van der Waals surface area (Å²) in [6.07, 6.45) is -0.0117. The van der Waals surface area contributed by atoms with Gasteiger partial charge in [0, 0.05) is 32.2 Å². The average molecular weight is 310 g/mol. The Bertz CT molecular complexity index is 588. The minimum absolute atomic E-state index is 0.0117. The second-order valence-corrected chi connectivity index (χ2v) is 5.93. The minimum atomic E-state index is -0.0117. The van der Waals surface area contributed by atoms with E-state index in [1.54, 1.807) is 25.6 Å². The number of aromatic nitrogens is 2. The first-order valence-electron chi connectivity index (χ1n) is 6.95. The summed E-state index contributed by atoms with van der Waals surface area (Å²) in [6.45, 7) is 6.07. The summed E-state index contributed by atoms with van der Waals surface area (Å²) in [5.74, 6) is 1.48. The zero-order valence-electron chi connectivity index (χ0n) is 12.9. The van der Waals surface area contributed by atoms with Crippen molar-refractivity contribution in [1.82, 2.24) is 9.97 Å². The Morgan fingerprint density at radius 1 is 1.29 bits per heavy atom. The van der Waals surface area contributed by atoms with Gasteiger partial charge in [0.05, 0.1) is 18.1 Å². The van der Waals surface area contributed by atoms with Crippen molar-refractivity contribution < 1.29 is 9.47 Å². The first-order valence-corrected chi connectivity index (χ1v) is 7.77. The lowest BCUT2D eigenvalue weighted by atomic mass is 10.3. The average Bonchev–Trinajstić information content (AvgIpc) is 2.84. The largest absolute Gasteiger partial charge is 0.382 e. The molecule has 116 valence electrons. The quantitative estimate of drug-likeness (QED) is 0.781. The molecule has 2 rings (SSSR count). The third-order valence-corrected chi connectivity index (χ3v) is 3.98. The van der Waals surface area contributed by atoms with Crippen molar-refractivity contribution in [2.45, 2.75) is 20.0 Å². The van der Waals surface area contributed by atoms with Crippen molar-refractivity contribution in [2.24, 2.45) is 0 Å². The molecular formula is C14H22N4O2S. The summed E-state index contributed by atoms with van der Waals surface area (Å²) in [4.78, 5) is 11.3. The molecule has 1 atom stereocenters. The zero-order chi connectivity index (χ0) is 15.2. The molecule has 0 aliphatic carbocycles. The van der Waals surface area contributed by atoms with Crippen molar-refractivity contribution in [3.63, 3.8) is 0 Å². The van der Waals surface area contributed by atoms with Crippen LogP contribution in [0.5, 0.6) is 0 Å². The SMILES string of the molecule is CCNc1nc(NCC(COC)OC)c2cc(C)sc2n1. The molecule has 0 fully saturated rings. The van der Waals surface area contributed by atoms with E-state index in [1.165, 1.54) is 4.88 Å². The standard InChI is InChI=1S/C14H22N4O2S/c1-5-15-14-17-12(16-7-10(20-4)8-19-3)11-6-9(2)21-13(11)18-14/h6,10H,5,7-8H2,1-4H3,(H2,15,16,17,18). The Hall–Kier alpha value is -1.44. The smallest absolute Gasteiger partial charge is 0.226 e. The maximum Gasteiger partial charge on any atom is 0.226 e. The molecule has 2 aromatic rings. The van der Waals surface area contributed by atoms with Crippen LogP contribution < -0.4 is 10.6 Å². The first-order chi connectivity index (χ1) is 10.2. The third kappa shape index (κ3) is 4.03. The Balaban J connectivity index is 2.23. The topological polar surface area (TPSA) is 68.3 Å². The van der Waals surface area contributed by atoms with E-state index < -0.39 is 0 Å². The molecule has 0 amide bonds. The summed E-state index contributed by atoms with van der Waals surface area (Å²) in [5, 5.41) is 7.56. The number of methoxy groups -OCH3 is 2. The molecule has 0 saturated heterocycles. The van der Waals surface area contributed by atoms with Gasteiger partial charge in [-0.1, -0.05) is 0 Å². The van der Waals surface area contributed by atoms with Gasteiger partial charge in [-0.05, 0) is 19.9 Å². The lowest BCUT2D eigenvalue weighted by Crippen LogP contribution is -2.27. The molecule has 7 heteroatoms. The number of nitrogens with one attached hydrogen (secondary N) is 2. The monoisotopic (exact) mass is 310 g/mol. The van der Waals surface area contributed by atoms with Crippen molar-refractivity contribution in [3.05, 3.63) is 10.9 Å². The molecule has 6 nitrogen and oxygen atoms in total. The van der Waals surface area contributed by atoms with Gasteiger partial charge in [0.25, 0.3) is 0 Å². The molecule has 2 N–H and O–H groups in total. The number of anilines is 2. The molecule has 2 aromatic heterocycles. The molecule has 2 heterocycles. The highest BCUT2D eigenvalue weighted by Crippen LogP contribution is 2.29. The van der Waals surface area contributed by atoms with Crippen LogP contribution in [0.2, 0.25) is 0 Å². The molecule has 0 aromatic carbocycles. The van der Waals surface area contributed by atoms with Gasteiger partial charge in [-0.3, -0.25) is 0 Å². The van der Waals surface area contributed by atoms with Crippen molar-refractivity contribution in [2.75, 3.05) is 44.5 Å². The summed E-state index contributed by atoms with van der Waals surface area (Å²) in [7, 11) is 3.35. The van der Waals surface area contributed by atoms with Crippen LogP contribution in [0.25, 0.3) is 10.2 Å². The fourth-order valence-electron chi connectivity index (χ4n) is 2.02. The van der Waals surface area contributed by atoms with E-state index in [-0.39, 0.29) is 6.10 Å². The van der Waals surface area contributed by atoms with E-state index >= 15 is 0 Å². The van der Waals surface area contributed by atoms with E-state index in [9.17, 15) is 0 Å². The van der Waals surface area contributed by atoms with Gasteiger partial charge >= 0.3 is 0 Å². The number of hydrogen-bond acceptors (Lipinski definition) is 7. The van der Waals surface area contributed by atoms with Crippen molar-refractivity contribution in [1.29, 1.82) is 0 Å². The molecular weight excluding hydrogens is 288 g/mol. The van der Waals surface area contributed by atoms with E-state index in [4.69, 9.17) is 9.47 Å². The molecule has 0 aliphatic rings. The molecule has 0 bridgehead atoms. The van der Waals surface area contributed by atoms with Gasteiger partial charge < -0.3 is 20.1 Å². The number of rotatable bonds is 8. The normalized spacial score (nSPS) is 12.6. The lowest BCUT2D eigenvalue weighted by molar-refractivity contribution is 0.0365. The van der Waals surface area contributed by atoms with Crippen LogP contribution in [0.4, 0.5) is 11.8 Å².